The van der Waals surface area contributed by atoms with E-state index in [0.29, 0.717) is 0 Å². The highest BCUT2D eigenvalue weighted by Crippen LogP contribution is 1.95. The Balaban J connectivity index is 3.51. The maximum Gasteiger partial charge on any atom is 0.0443 e. The third-order valence-electron chi connectivity index (χ3n) is 1.62. The number of aliphatic hydroxyl groups is 1. The average Bonchev–Trinajstić information content (AvgIpc) is 1.97. The Hall–Kier alpha value is -0.120. The highest BCUT2D eigenvalue weighted by atomic mass is 16.3. The van der Waals surface area contributed by atoms with Gasteiger partial charge in [0.25, 0.3) is 0 Å². The Labute approximate surface area is 69.6 Å². The Bertz CT molecular complexity index is 86.2. The van der Waals surface area contributed by atoms with E-state index in [1.165, 1.54) is 0 Å². The molecule has 0 aromatic heterocycles. The highest BCUT2D eigenvalue weighted by molar-refractivity contribution is 4.49. The van der Waals surface area contributed by atoms with Crippen LogP contribution in [0.3, 0.4) is 0 Å². The zero-order valence-electron chi connectivity index (χ0n) is 7.88. The molecule has 3 nitrogen and oxygen atoms in total. The Morgan fingerprint density at radius 1 is 1.18 bits per heavy atom. The van der Waals surface area contributed by atoms with Crippen LogP contribution in [-0.2, 0) is 0 Å². The van der Waals surface area contributed by atoms with Crippen molar-refractivity contribution in [3.63, 3.8) is 0 Å². The molecule has 0 saturated carbocycles. The second-order valence-corrected chi connectivity index (χ2v) is 2.88. The van der Waals surface area contributed by atoms with Gasteiger partial charge in [-0.2, -0.15) is 0 Å². The number of hydrogen-bond donors (Lipinski definition) is 1. The first-order valence-corrected chi connectivity index (χ1v) is 4.25. The molecule has 68 valence electrons. The van der Waals surface area contributed by atoms with Crippen molar-refractivity contribution in [3.8, 4) is 0 Å². The first-order chi connectivity index (χ1) is 5.22. The molecule has 0 spiro atoms. The van der Waals surface area contributed by atoms with E-state index in [4.69, 9.17) is 5.11 Å². The van der Waals surface area contributed by atoms with Crippen LogP contribution in [0.15, 0.2) is 0 Å². The fourth-order valence-electron chi connectivity index (χ4n) is 1.02. The Morgan fingerprint density at radius 2 is 1.82 bits per heavy atom. The van der Waals surface area contributed by atoms with E-state index in [0.717, 1.165) is 25.9 Å². The highest BCUT2D eigenvalue weighted by Gasteiger charge is 2.03. The molecule has 11 heavy (non-hydrogen) atoms. The maximum absolute atomic E-state index is 8.62. The molecule has 3 heteroatoms. The van der Waals surface area contributed by atoms with Crippen LogP contribution in [0.4, 0.5) is 0 Å². The number of hydrazine groups is 1. The maximum atomic E-state index is 8.62. The quantitative estimate of drug-likeness (QED) is 0.575. The van der Waals surface area contributed by atoms with E-state index in [1.807, 2.05) is 14.1 Å². The summed E-state index contributed by atoms with van der Waals surface area (Å²) in [7, 11) is 4.07. The summed E-state index contributed by atoms with van der Waals surface area (Å²) in [4.78, 5) is 0. The third-order valence-corrected chi connectivity index (χ3v) is 1.62. The van der Waals surface area contributed by atoms with E-state index in [-0.39, 0.29) is 6.61 Å². The summed E-state index contributed by atoms with van der Waals surface area (Å²) in [6.07, 6.45) is 2.02. The molecule has 0 unspecified atom stereocenters. The van der Waals surface area contributed by atoms with Crippen molar-refractivity contribution in [3.05, 3.63) is 0 Å². The minimum absolute atomic E-state index is 0.286. The standard InChI is InChI=1S/C8H20N2O/c1-4-6-10(9(2)3)7-5-8-11/h11H,4-8H2,1-3H3. The van der Waals surface area contributed by atoms with Gasteiger partial charge >= 0.3 is 0 Å². The molecule has 0 saturated heterocycles. The van der Waals surface area contributed by atoms with Crippen LogP contribution < -0.4 is 0 Å². The van der Waals surface area contributed by atoms with Gasteiger partial charge in [0.1, 0.15) is 0 Å². The van der Waals surface area contributed by atoms with Gasteiger partial charge in [0.2, 0.25) is 0 Å². The van der Waals surface area contributed by atoms with Gasteiger partial charge < -0.3 is 5.11 Å². The molecule has 0 heterocycles. The van der Waals surface area contributed by atoms with Gasteiger partial charge in [0, 0.05) is 33.8 Å². The molecule has 0 bridgehead atoms. The SMILES string of the molecule is CCCN(CCCO)N(C)C. The lowest BCUT2D eigenvalue weighted by molar-refractivity contribution is 0.0198. The Kier molecular flexibility index (Phi) is 6.51. The molecular formula is C8H20N2O. The first kappa shape index (κ1) is 10.9. The summed E-state index contributed by atoms with van der Waals surface area (Å²) >= 11 is 0. The fourth-order valence-corrected chi connectivity index (χ4v) is 1.02. The van der Waals surface area contributed by atoms with Crippen molar-refractivity contribution < 1.29 is 5.11 Å². The topological polar surface area (TPSA) is 26.7 Å². The van der Waals surface area contributed by atoms with Gasteiger partial charge in [-0.15, -0.1) is 0 Å². The molecule has 0 rings (SSSR count). The molecule has 0 aromatic rings. The van der Waals surface area contributed by atoms with Crippen molar-refractivity contribution in [2.45, 2.75) is 19.8 Å². The third kappa shape index (κ3) is 5.18. The second-order valence-electron chi connectivity index (χ2n) is 2.88. The van der Waals surface area contributed by atoms with E-state index in [1.54, 1.807) is 0 Å². The summed E-state index contributed by atoms with van der Waals surface area (Å²) < 4.78 is 0. The second kappa shape index (κ2) is 6.58. The minimum Gasteiger partial charge on any atom is -0.396 e. The normalized spacial score (nSPS) is 11.5. The average molecular weight is 160 g/mol. The number of aliphatic hydroxyl groups excluding tert-OH is 1. The van der Waals surface area contributed by atoms with Crippen molar-refractivity contribution in [2.75, 3.05) is 33.8 Å². The zero-order valence-corrected chi connectivity index (χ0v) is 7.88. The summed E-state index contributed by atoms with van der Waals surface area (Å²) in [6, 6.07) is 0. The first-order valence-electron chi connectivity index (χ1n) is 4.25. The molecular weight excluding hydrogens is 140 g/mol. The Morgan fingerprint density at radius 3 is 2.18 bits per heavy atom. The molecule has 0 aliphatic carbocycles. The number of rotatable bonds is 6. The van der Waals surface area contributed by atoms with E-state index < -0.39 is 0 Å². The molecule has 0 fully saturated rings. The van der Waals surface area contributed by atoms with Crippen molar-refractivity contribution in [2.24, 2.45) is 0 Å². The molecule has 0 aromatic carbocycles. The van der Waals surface area contributed by atoms with Crippen LogP contribution in [0, 0.1) is 0 Å². The van der Waals surface area contributed by atoms with Crippen LogP contribution in [0.5, 0.6) is 0 Å². The largest absolute Gasteiger partial charge is 0.396 e. The smallest absolute Gasteiger partial charge is 0.0443 e. The minimum atomic E-state index is 0.286. The zero-order chi connectivity index (χ0) is 8.69. The molecule has 0 radical (unpaired) electrons. The van der Waals surface area contributed by atoms with Crippen LogP contribution >= 0.6 is 0 Å². The van der Waals surface area contributed by atoms with Crippen LogP contribution in [0.25, 0.3) is 0 Å². The van der Waals surface area contributed by atoms with Crippen LogP contribution in [0.2, 0.25) is 0 Å². The lowest BCUT2D eigenvalue weighted by atomic mass is 10.4. The van der Waals surface area contributed by atoms with E-state index >= 15 is 0 Å². The molecule has 0 amide bonds. The lowest BCUT2D eigenvalue weighted by Gasteiger charge is -2.28. The van der Waals surface area contributed by atoms with Crippen molar-refractivity contribution in [1.82, 2.24) is 10.0 Å². The summed E-state index contributed by atoms with van der Waals surface area (Å²) in [5.41, 5.74) is 0. The lowest BCUT2D eigenvalue weighted by Crippen LogP contribution is -2.38. The summed E-state index contributed by atoms with van der Waals surface area (Å²) in [5, 5.41) is 12.9. The summed E-state index contributed by atoms with van der Waals surface area (Å²) in [5.74, 6) is 0. The molecule has 0 atom stereocenters. The van der Waals surface area contributed by atoms with Gasteiger partial charge in [-0.25, -0.2) is 10.0 Å². The molecule has 0 aliphatic rings. The van der Waals surface area contributed by atoms with Crippen molar-refractivity contribution in [1.29, 1.82) is 0 Å². The van der Waals surface area contributed by atoms with Crippen LogP contribution in [0.1, 0.15) is 19.8 Å². The fraction of sp³-hybridized carbons (Fsp3) is 1.00. The van der Waals surface area contributed by atoms with Gasteiger partial charge in [-0.1, -0.05) is 6.92 Å². The van der Waals surface area contributed by atoms with Gasteiger partial charge in [-0.3, -0.25) is 0 Å². The van der Waals surface area contributed by atoms with Gasteiger partial charge in [0.05, 0.1) is 0 Å². The van der Waals surface area contributed by atoms with Crippen LogP contribution in [-0.4, -0.2) is 48.9 Å². The number of nitrogens with zero attached hydrogens (tertiary/aromatic N) is 2. The summed E-state index contributed by atoms with van der Waals surface area (Å²) in [6.45, 7) is 4.48. The van der Waals surface area contributed by atoms with E-state index in [2.05, 4.69) is 16.9 Å². The van der Waals surface area contributed by atoms with E-state index in [9.17, 15) is 0 Å². The molecule has 1 N–H and O–H groups in total. The van der Waals surface area contributed by atoms with Gasteiger partial charge in [-0.05, 0) is 12.8 Å². The predicted molar refractivity (Wildman–Crippen MR) is 47.3 cm³/mol. The van der Waals surface area contributed by atoms with Crippen molar-refractivity contribution >= 4 is 0 Å². The van der Waals surface area contributed by atoms with Gasteiger partial charge in [0.15, 0.2) is 0 Å². The monoisotopic (exact) mass is 160 g/mol. The number of hydrogen-bond acceptors (Lipinski definition) is 3. The molecule has 0 aliphatic heterocycles. The predicted octanol–water partition coefficient (Wildman–Crippen LogP) is 0.557.